The minimum atomic E-state index is -0.931. The van der Waals surface area contributed by atoms with Gasteiger partial charge in [0, 0.05) is 72.0 Å². The lowest BCUT2D eigenvalue weighted by Gasteiger charge is -2.33. The molecule has 0 heterocycles. The first-order valence-corrected chi connectivity index (χ1v) is 19.5. The fourth-order valence-electron chi connectivity index (χ4n) is 4.43. The Labute approximate surface area is 353 Å². The Kier molecular flexibility index (Phi) is 39.3. The highest BCUT2D eigenvalue weighted by Crippen LogP contribution is 2.21. The molecule has 344 valence electrons. The lowest BCUT2D eigenvalue weighted by Crippen LogP contribution is -2.43. The number of nitrogens with one attached hydrogen (secondary N) is 4. The molecule has 0 radical (unpaired) electrons. The maximum absolute atomic E-state index is 12.0. The number of azide groups is 4. The fraction of sp³-hybridized carbons (Fsp3) is 0.879. The van der Waals surface area contributed by atoms with E-state index in [2.05, 4.69) is 61.4 Å². The largest absolute Gasteiger partial charge is 0.378 e. The second kappa shape index (κ2) is 42.9. The molecule has 28 heteroatoms. The Balaban J connectivity index is 5.31. The summed E-state index contributed by atoms with van der Waals surface area (Å²) in [5.41, 5.74) is 32.4. The Bertz CT molecular complexity index is 1190. The molecule has 0 rings (SSSR count). The highest BCUT2D eigenvalue weighted by molar-refractivity contribution is 5.78. The molecule has 0 aliphatic carbocycles. The Morgan fingerprint density at radius 2 is 0.590 bits per heavy atom. The van der Waals surface area contributed by atoms with Gasteiger partial charge in [0.15, 0.2) is 0 Å². The van der Waals surface area contributed by atoms with Crippen molar-refractivity contribution < 1.29 is 57.1 Å². The standard InChI is InChI=1S/C33H60N16O12/c34-46-42-9-1-5-38-29(50)21-54-13-17-58-25-33(26-59-18-14-55-22-30(51)39-6-2-10-43-47-35,27-60-19-15-56-23-31(52)40-7-3-11-44-48-36)28-61-20-16-57-24-32(53)41-8-4-12-45-49-37/h1-28H2,(H,38,50)(H,39,51)(H,40,52)(H,41,53). The third-order valence-electron chi connectivity index (χ3n) is 7.33. The van der Waals surface area contributed by atoms with Gasteiger partial charge in [-0.15, -0.1) is 0 Å². The lowest BCUT2D eigenvalue weighted by molar-refractivity contribution is -0.132. The second-order valence-corrected chi connectivity index (χ2v) is 12.6. The van der Waals surface area contributed by atoms with Crippen LogP contribution in [0.4, 0.5) is 0 Å². The van der Waals surface area contributed by atoms with Gasteiger partial charge >= 0.3 is 0 Å². The van der Waals surface area contributed by atoms with Crippen molar-refractivity contribution in [3.05, 3.63) is 41.8 Å². The summed E-state index contributed by atoms with van der Waals surface area (Å²) in [6, 6.07) is 0. The summed E-state index contributed by atoms with van der Waals surface area (Å²) >= 11 is 0. The van der Waals surface area contributed by atoms with E-state index in [-0.39, 0.29) is 156 Å². The molecule has 4 amide bonds. The molecule has 4 N–H and O–H groups in total. The topological polar surface area (TPSA) is 385 Å². The minimum Gasteiger partial charge on any atom is -0.378 e. The highest BCUT2D eigenvalue weighted by Gasteiger charge is 2.32. The third-order valence-corrected chi connectivity index (χ3v) is 7.33. The van der Waals surface area contributed by atoms with Gasteiger partial charge in [-0.2, -0.15) is 0 Å². The Morgan fingerprint density at radius 3 is 0.803 bits per heavy atom. The van der Waals surface area contributed by atoms with Crippen LogP contribution in [0.1, 0.15) is 25.7 Å². The molecule has 0 spiro atoms. The molecule has 0 saturated heterocycles. The molecule has 0 aromatic carbocycles. The van der Waals surface area contributed by atoms with E-state index in [1.165, 1.54) is 0 Å². The number of rotatable bonds is 44. The summed E-state index contributed by atoms with van der Waals surface area (Å²) < 4.78 is 45.5. The highest BCUT2D eigenvalue weighted by atomic mass is 16.6. The summed E-state index contributed by atoms with van der Waals surface area (Å²) in [5, 5.41) is 24.3. The molecular weight excluding hydrogens is 812 g/mol. The van der Waals surface area contributed by atoms with Gasteiger partial charge in [0.05, 0.1) is 84.7 Å². The molecule has 0 atom stereocenters. The molecule has 0 unspecified atom stereocenters. The van der Waals surface area contributed by atoms with Gasteiger partial charge in [-0.1, -0.05) is 20.5 Å². The first-order chi connectivity index (χ1) is 29.8. The number of ether oxygens (including phenoxy) is 8. The van der Waals surface area contributed by atoms with E-state index < -0.39 is 5.41 Å². The first-order valence-electron chi connectivity index (χ1n) is 19.5. The van der Waals surface area contributed by atoms with Crippen molar-refractivity contribution in [3.8, 4) is 0 Å². The van der Waals surface area contributed by atoms with E-state index in [1.807, 2.05) is 0 Å². The van der Waals surface area contributed by atoms with E-state index in [9.17, 15) is 19.2 Å². The van der Waals surface area contributed by atoms with Crippen molar-refractivity contribution in [2.45, 2.75) is 25.7 Å². The van der Waals surface area contributed by atoms with Crippen LogP contribution >= 0.6 is 0 Å². The number of hydrogen-bond acceptors (Lipinski definition) is 16. The zero-order chi connectivity index (χ0) is 44.8. The van der Waals surface area contributed by atoms with Gasteiger partial charge < -0.3 is 59.2 Å². The molecule has 0 saturated carbocycles. The molecule has 0 aliphatic rings. The zero-order valence-corrected chi connectivity index (χ0v) is 34.6. The molecule has 0 aliphatic heterocycles. The van der Waals surface area contributed by atoms with E-state index >= 15 is 0 Å². The lowest BCUT2D eigenvalue weighted by atomic mass is 9.92. The van der Waals surface area contributed by atoms with Gasteiger partial charge in [0.1, 0.15) is 26.4 Å². The quantitative estimate of drug-likeness (QED) is 0.0292. The smallest absolute Gasteiger partial charge is 0.245 e. The van der Waals surface area contributed by atoms with Crippen LogP contribution in [-0.4, -0.2) is 182 Å². The van der Waals surface area contributed by atoms with E-state index in [1.54, 1.807) is 0 Å². The van der Waals surface area contributed by atoms with Gasteiger partial charge in [-0.05, 0) is 47.8 Å². The van der Waals surface area contributed by atoms with Gasteiger partial charge in [-0.25, -0.2) is 0 Å². The fourth-order valence-corrected chi connectivity index (χ4v) is 4.43. The minimum absolute atomic E-state index is 0.0410. The monoisotopic (exact) mass is 872 g/mol. The molecule has 0 bridgehead atoms. The van der Waals surface area contributed by atoms with Crippen LogP contribution < -0.4 is 21.3 Å². The Hall–Kier alpha value is -5.20. The summed E-state index contributed by atoms with van der Waals surface area (Å²) in [5.74, 6) is -1.37. The maximum Gasteiger partial charge on any atom is 0.245 e. The number of nitrogens with zero attached hydrogens (tertiary/aromatic N) is 12. The summed E-state index contributed by atoms with van der Waals surface area (Å²) in [4.78, 5) is 58.8. The van der Waals surface area contributed by atoms with Gasteiger partial charge in [0.2, 0.25) is 23.6 Å². The molecule has 0 aromatic heterocycles. The first kappa shape index (κ1) is 55.8. The van der Waals surface area contributed by atoms with E-state index in [0.29, 0.717) is 51.9 Å². The van der Waals surface area contributed by atoms with Crippen LogP contribution in [0, 0.1) is 5.41 Å². The van der Waals surface area contributed by atoms with Crippen LogP contribution in [0.15, 0.2) is 20.5 Å². The molecule has 0 aromatic rings. The Morgan fingerprint density at radius 1 is 0.377 bits per heavy atom. The number of hydrogen-bond donors (Lipinski definition) is 4. The third kappa shape index (κ3) is 38.7. The van der Waals surface area contributed by atoms with Crippen LogP contribution in [0.3, 0.4) is 0 Å². The van der Waals surface area contributed by atoms with E-state index in [4.69, 9.17) is 60.0 Å². The molecule has 61 heavy (non-hydrogen) atoms. The molecule has 0 fully saturated rings. The summed E-state index contributed by atoms with van der Waals surface area (Å²) in [6.45, 7) is 2.37. The van der Waals surface area contributed by atoms with Crippen molar-refractivity contribution in [3.63, 3.8) is 0 Å². The van der Waals surface area contributed by atoms with Gasteiger partial charge in [0.25, 0.3) is 0 Å². The average molecular weight is 873 g/mol. The number of amides is 4. The summed E-state index contributed by atoms with van der Waals surface area (Å²) in [6.07, 6.45) is 1.95. The zero-order valence-electron chi connectivity index (χ0n) is 34.6. The molecule has 28 nitrogen and oxygen atoms in total. The van der Waals surface area contributed by atoms with Gasteiger partial charge in [-0.3, -0.25) is 19.2 Å². The number of carbonyl (C=O) groups excluding carboxylic acids is 4. The second-order valence-electron chi connectivity index (χ2n) is 12.6. The van der Waals surface area contributed by atoms with E-state index in [0.717, 1.165) is 0 Å². The van der Waals surface area contributed by atoms with Crippen LogP contribution in [0.5, 0.6) is 0 Å². The van der Waals surface area contributed by atoms with Crippen LogP contribution in [-0.2, 0) is 57.1 Å². The van der Waals surface area contributed by atoms with Crippen molar-refractivity contribution in [1.29, 1.82) is 0 Å². The van der Waals surface area contributed by atoms with Crippen LogP contribution in [0.2, 0.25) is 0 Å². The van der Waals surface area contributed by atoms with Crippen molar-refractivity contribution in [2.75, 3.05) is 158 Å². The van der Waals surface area contributed by atoms with Crippen molar-refractivity contribution in [2.24, 2.45) is 25.9 Å². The predicted molar refractivity (Wildman–Crippen MR) is 216 cm³/mol. The number of carbonyl (C=O) groups is 4. The predicted octanol–water partition coefficient (Wildman–Crippen LogP) is 1.37. The van der Waals surface area contributed by atoms with Crippen molar-refractivity contribution in [1.82, 2.24) is 21.3 Å². The molecular formula is C33H60N16O12. The van der Waals surface area contributed by atoms with Crippen LogP contribution in [0.25, 0.3) is 41.8 Å². The summed E-state index contributed by atoms with van der Waals surface area (Å²) in [7, 11) is 0. The SMILES string of the molecule is [N-]=[N+]=NCCCNC(=O)COCCOCC(COCCOCC(=O)NCCCN=[N+]=[N-])(COCCOCC(=O)NCCCN=[N+]=[N-])COCCOCC(=O)NCCCN=[N+]=[N-]. The van der Waals surface area contributed by atoms with Crippen molar-refractivity contribution >= 4 is 23.6 Å². The normalized spacial score (nSPS) is 11.4. The average Bonchev–Trinajstić information content (AvgIpc) is 3.25. The maximum atomic E-state index is 12.0.